The maximum atomic E-state index is 10.8. The monoisotopic (exact) mass is 243 g/mol. The molecule has 5 heteroatoms. The van der Waals surface area contributed by atoms with Gasteiger partial charge in [0.15, 0.2) is 0 Å². The Bertz CT molecular complexity index is 373. The molecule has 0 bridgehead atoms. The summed E-state index contributed by atoms with van der Waals surface area (Å²) in [7, 11) is 1.32. The largest absolute Gasteiger partial charge is 0.466 e. The number of rotatable bonds is 3. The van der Waals surface area contributed by atoms with E-state index in [4.69, 9.17) is 17.3 Å². The Morgan fingerprint density at radius 3 is 2.93 bits per heavy atom. The number of hydrogen-bond acceptors (Lipinski definition) is 4. The molecule has 0 unspecified atom stereocenters. The summed E-state index contributed by atoms with van der Waals surface area (Å²) in [5.74, 6) is -0.409. The van der Waals surface area contributed by atoms with Gasteiger partial charge in [-0.3, -0.25) is 0 Å². The van der Waals surface area contributed by atoms with Crippen molar-refractivity contribution in [3.8, 4) is 0 Å². The summed E-state index contributed by atoms with van der Waals surface area (Å²) in [6.45, 7) is 0. The van der Waals surface area contributed by atoms with Crippen LogP contribution in [0, 0.1) is 0 Å². The number of esters is 1. The summed E-state index contributed by atoms with van der Waals surface area (Å²) in [6, 6.07) is 5.26. The molecule has 0 aliphatic carbocycles. The number of nitrogens with two attached hydrogens (primary N) is 1. The Labute approximate surface area is 97.2 Å². The molecule has 0 saturated carbocycles. The molecule has 15 heavy (non-hydrogen) atoms. The van der Waals surface area contributed by atoms with Crippen molar-refractivity contribution in [1.29, 1.82) is 0 Å². The third-order valence-corrected chi connectivity index (χ3v) is 2.98. The van der Waals surface area contributed by atoms with E-state index in [-0.39, 0.29) is 0 Å². The number of hydrogen-bond donors (Lipinski definition) is 1. The van der Waals surface area contributed by atoms with Gasteiger partial charge in [0.2, 0.25) is 0 Å². The van der Waals surface area contributed by atoms with E-state index in [2.05, 4.69) is 4.74 Å². The first-order chi connectivity index (χ1) is 7.15. The molecule has 3 nitrogen and oxygen atoms in total. The van der Waals surface area contributed by atoms with E-state index in [1.54, 1.807) is 23.6 Å². The van der Waals surface area contributed by atoms with Gasteiger partial charge in [0.1, 0.15) is 0 Å². The zero-order valence-electron chi connectivity index (χ0n) is 8.07. The molecule has 0 aliphatic rings. The second-order valence-corrected chi connectivity index (χ2v) is 3.93. The number of benzene rings is 1. The lowest BCUT2D eigenvalue weighted by Gasteiger charge is -2.03. The van der Waals surface area contributed by atoms with Crippen LogP contribution in [0.4, 0.5) is 5.69 Å². The average Bonchev–Trinajstić information content (AvgIpc) is 2.22. The number of carbonyl (C=O) groups is 1. The summed E-state index contributed by atoms with van der Waals surface area (Å²) in [5, 5.41) is 2.15. The Morgan fingerprint density at radius 2 is 2.33 bits per heavy atom. The summed E-state index contributed by atoms with van der Waals surface area (Å²) >= 11 is 7.21. The van der Waals surface area contributed by atoms with E-state index in [1.807, 2.05) is 0 Å². The highest BCUT2D eigenvalue weighted by atomic mass is 35.5. The average molecular weight is 244 g/mol. The number of thioether (sulfide) groups is 1. The topological polar surface area (TPSA) is 52.3 Å². The molecule has 1 aromatic rings. The van der Waals surface area contributed by atoms with Gasteiger partial charge < -0.3 is 10.5 Å². The van der Waals surface area contributed by atoms with Crippen LogP contribution >= 0.6 is 23.4 Å². The van der Waals surface area contributed by atoms with Gasteiger partial charge in [0.05, 0.1) is 17.0 Å². The van der Waals surface area contributed by atoms with Crippen LogP contribution < -0.4 is 5.73 Å². The molecule has 0 aliphatic heterocycles. The van der Waals surface area contributed by atoms with Crippen molar-refractivity contribution in [2.24, 2.45) is 0 Å². The van der Waals surface area contributed by atoms with Crippen LogP contribution in [0.3, 0.4) is 0 Å². The normalized spacial score (nSPS) is 10.5. The maximum absolute atomic E-state index is 10.8. The Kier molecular flexibility index (Phi) is 4.52. The molecule has 0 spiro atoms. The van der Waals surface area contributed by atoms with Gasteiger partial charge in [0, 0.05) is 11.8 Å². The van der Waals surface area contributed by atoms with E-state index >= 15 is 0 Å². The first-order valence-electron chi connectivity index (χ1n) is 4.10. The van der Waals surface area contributed by atoms with Crippen molar-refractivity contribution in [3.05, 3.63) is 34.7 Å². The lowest BCUT2D eigenvalue weighted by atomic mass is 10.3. The molecule has 1 aromatic carbocycles. The summed E-state index contributed by atoms with van der Waals surface area (Å²) < 4.78 is 4.45. The smallest absolute Gasteiger partial charge is 0.330 e. The number of anilines is 1. The number of ether oxygens (including phenoxy) is 1. The Balaban J connectivity index is 2.73. The van der Waals surface area contributed by atoms with Gasteiger partial charge in [-0.15, -0.1) is 0 Å². The third kappa shape index (κ3) is 3.49. The van der Waals surface area contributed by atoms with E-state index < -0.39 is 5.97 Å². The van der Waals surface area contributed by atoms with Crippen molar-refractivity contribution in [2.75, 3.05) is 12.8 Å². The molecule has 0 aromatic heterocycles. The SMILES string of the molecule is COC(=O)C=CSc1c(N)cccc1Cl. The predicted octanol–water partition coefficient (Wildman–Crippen LogP) is 2.70. The fourth-order valence-corrected chi connectivity index (χ4v) is 1.89. The van der Waals surface area contributed by atoms with Crippen LogP contribution in [0.1, 0.15) is 0 Å². The summed E-state index contributed by atoms with van der Waals surface area (Å²) in [4.78, 5) is 11.5. The summed E-state index contributed by atoms with van der Waals surface area (Å²) in [6.07, 6.45) is 1.31. The van der Waals surface area contributed by atoms with Crippen LogP contribution in [0.15, 0.2) is 34.6 Å². The van der Waals surface area contributed by atoms with Crippen LogP contribution in [0.25, 0.3) is 0 Å². The molecule has 0 saturated heterocycles. The molecule has 0 heterocycles. The molecule has 0 atom stereocenters. The fraction of sp³-hybridized carbons (Fsp3) is 0.100. The number of carbonyl (C=O) groups excluding carboxylic acids is 1. The number of methoxy groups -OCH3 is 1. The molecule has 0 amide bonds. The van der Waals surface area contributed by atoms with Crippen molar-refractivity contribution in [3.63, 3.8) is 0 Å². The lowest BCUT2D eigenvalue weighted by Crippen LogP contribution is -1.93. The Hall–Kier alpha value is -1.13. The highest BCUT2D eigenvalue weighted by Crippen LogP contribution is 2.32. The molecule has 0 fully saturated rings. The van der Waals surface area contributed by atoms with Crippen LogP contribution in [0.5, 0.6) is 0 Å². The van der Waals surface area contributed by atoms with E-state index in [9.17, 15) is 4.79 Å². The summed E-state index contributed by atoms with van der Waals surface area (Å²) in [5.41, 5.74) is 6.30. The number of halogens is 1. The minimum Gasteiger partial charge on any atom is -0.466 e. The predicted molar refractivity (Wildman–Crippen MR) is 62.9 cm³/mol. The van der Waals surface area contributed by atoms with E-state index in [1.165, 1.54) is 24.9 Å². The fourth-order valence-electron chi connectivity index (χ4n) is 0.876. The van der Waals surface area contributed by atoms with Gasteiger partial charge in [-0.05, 0) is 17.5 Å². The molecule has 0 radical (unpaired) electrons. The zero-order chi connectivity index (χ0) is 11.3. The van der Waals surface area contributed by atoms with Crippen LogP contribution in [-0.2, 0) is 9.53 Å². The number of nitrogen functional groups attached to an aromatic ring is 1. The Morgan fingerprint density at radius 1 is 1.60 bits per heavy atom. The van der Waals surface area contributed by atoms with Crippen LogP contribution in [-0.4, -0.2) is 13.1 Å². The van der Waals surface area contributed by atoms with Crippen molar-refractivity contribution < 1.29 is 9.53 Å². The minimum absolute atomic E-state index is 0.409. The van der Waals surface area contributed by atoms with E-state index in [0.29, 0.717) is 10.7 Å². The third-order valence-electron chi connectivity index (χ3n) is 1.59. The van der Waals surface area contributed by atoms with Crippen molar-refractivity contribution in [1.82, 2.24) is 0 Å². The second-order valence-electron chi connectivity index (χ2n) is 2.60. The highest BCUT2D eigenvalue weighted by molar-refractivity contribution is 8.02. The molecular weight excluding hydrogens is 234 g/mol. The maximum Gasteiger partial charge on any atom is 0.330 e. The first kappa shape index (κ1) is 11.9. The highest BCUT2D eigenvalue weighted by Gasteiger charge is 2.03. The van der Waals surface area contributed by atoms with Crippen molar-refractivity contribution in [2.45, 2.75) is 4.90 Å². The van der Waals surface area contributed by atoms with Crippen molar-refractivity contribution >= 4 is 35.0 Å². The molecule has 80 valence electrons. The van der Waals surface area contributed by atoms with Gasteiger partial charge in [-0.1, -0.05) is 29.4 Å². The second kappa shape index (κ2) is 5.68. The molecular formula is C10H10ClNO2S. The van der Waals surface area contributed by atoms with E-state index in [0.717, 1.165) is 4.90 Å². The standard InChI is InChI=1S/C10H10ClNO2S/c1-14-9(13)5-6-15-10-7(11)3-2-4-8(10)12/h2-6H,12H2,1H3. The first-order valence-corrected chi connectivity index (χ1v) is 5.36. The molecule has 2 N–H and O–H groups in total. The lowest BCUT2D eigenvalue weighted by molar-refractivity contribution is -0.134. The minimum atomic E-state index is -0.409. The molecule has 1 rings (SSSR count). The van der Waals surface area contributed by atoms with Gasteiger partial charge in [0.25, 0.3) is 0 Å². The van der Waals surface area contributed by atoms with Gasteiger partial charge >= 0.3 is 5.97 Å². The van der Waals surface area contributed by atoms with Gasteiger partial charge in [-0.2, -0.15) is 0 Å². The quantitative estimate of drug-likeness (QED) is 0.384. The van der Waals surface area contributed by atoms with Gasteiger partial charge in [-0.25, -0.2) is 4.79 Å². The zero-order valence-corrected chi connectivity index (χ0v) is 9.64. The van der Waals surface area contributed by atoms with Crippen LogP contribution in [0.2, 0.25) is 5.02 Å².